The van der Waals surface area contributed by atoms with Crippen molar-refractivity contribution in [3.05, 3.63) is 18.0 Å². The molecule has 110 valence electrons. The van der Waals surface area contributed by atoms with E-state index in [1.165, 1.54) is 4.90 Å². The molecule has 6 nitrogen and oxygen atoms in total. The number of hydrogen-bond donors (Lipinski definition) is 1. The lowest BCUT2D eigenvalue weighted by molar-refractivity contribution is -0.137. The molecule has 0 aliphatic heterocycles. The SMILES string of the molecule is CCCN(CC(=O)O)C(=O)c1ccnn1C1CCCC1. The van der Waals surface area contributed by atoms with Crippen LogP contribution in [-0.4, -0.2) is 44.8 Å². The number of amides is 1. The average Bonchev–Trinajstić information content (AvgIpc) is 3.07. The Hall–Kier alpha value is -1.85. The summed E-state index contributed by atoms with van der Waals surface area (Å²) in [6, 6.07) is 1.96. The lowest BCUT2D eigenvalue weighted by Crippen LogP contribution is -2.37. The second-order valence-electron chi connectivity index (χ2n) is 5.22. The highest BCUT2D eigenvalue weighted by Crippen LogP contribution is 2.30. The number of carbonyl (C=O) groups excluding carboxylic acids is 1. The van der Waals surface area contributed by atoms with Crippen LogP contribution in [0.2, 0.25) is 0 Å². The first-order valence-corrected chi connectivity index (χ1v) is 7.18. The van der Waals surface area contributed by atoms with Gasteiger partial charge in [-0.3, -0.25) is 14.3 Å². The molecule has 0 unspecified atom stereocenters. The average molecular weight is 279 g/mol. The monoisotopic (exact) mass is 279 g/mol. The Balaban J connectivity index is 2.18. The van der Waals surface area contributed by atoms with E-state index in [0.717, 1.165) is 32.1 Å². The Labute approximate surface area is 118 Å². The van der Waals surface area contributed by atoms with Crippen LogP contribution in [0.3, 0.4) is 0 Å². The third-order valence-electron chi connectivity index (χ3n) is 3.67. The van der Waals surface area contributed by atoms with Crippen molar-refractivity contribution in [2.24, 2.45) is 0 Å². The molecule has 1 aromatic rings. The second-order valence-corrected chi connectivity index (χ2v) is 5.22. The van der Waals surface area contributed by atoms with E-state index in [2.05, 4.69) is 5.10 Å². The van der Waals surface area contributed by atoms with E-state index in [9.17, 15) is 9.59 Å². The van der Waals surface area contributed by atoms with Crippen molar-refractivity contribution >= 4 is 11.9 Å². The summed E-state index contributed by atoms with van der Waals surface area (Å²) in [7, 11) is 0. The number of rotatable bonds is 6. The molecule has 1 amide bonds. The molecule has 1 fully saturated rings. The third-order valence-corrected chi connectivity index (χ3v) is 3.67. The molecule has 1 aliphatic rings. The first-order chi connectivity index (χ1) is 9.63. The van der Waals surface area contributed by atoms with Gasteiger partial charge in [-0.15, -0.1) is 0 Å². The Morgan fingerprint density at radius 1 is 1.45 bits per heavy atom. The number of aromatic nitrogens is 2. The van der Waals surface area contributed by atoms with Gasteiger partial charge in [0.05, 0.1) is 6.04 Å². The molecule has 0 atom stereocenters. The summed E-state index contributed by atoms with van der Waals surface area (Å²) < 4.78 is 1.78. The summed E-state index contributed by atoms with van der Waals surface area (Å²) >= 11 is 0. The molecule has 20 heavy (non-hydrogen) atoms. The summed E-state index contributed by atoms with van der Waals surface area (Å²) in [5.41, 5.74) is 0.506. The van der Waals surface area contributed by atoms with Crippen LogP contribution in [0, 0.1) is 0 Å². The fraction of sp³-hybridized carbons (Fsp3) is 0.643. The van der Waals surface area contributed by atoms with Crippen LogP contribution < -0.4 is 0 Å². The van der Waals surface area contributed by atoms with Gasteiger partial charge >= 0.3 is 5.97 Å². The topological polar surface area (TPSA) is 75.4 Å². The van der Waals surface area contributed by atoms with Gasteiger partial charge in [0.2, 0.25) is 0 Å². The largest absolute Gasteiger partial charge is 0.480 e. The maximum Gasteiger partial charge on any atom is 0.323 e. The van der Waals surface area contributed by atoms with E-state index in [1.54, 1.807) is 16.9 Å². The molecule has 0 radical (unpaired) electrons. The maximum atomic E-state index is 12.5. The highest BCUT2D eigenvalue weighted by molar-refractivity contribution is 5.94. The van der Waals surface area contributed by atoms with Gasteiger partial charge in [0.25, 0.3) is 5.91 Å². The molecule has 1 N–H and O–H groups in total. The minimum absolute atomic E-state index is 0.237. The van der Waals surface area contributed by atoms with Gasteiger partial charge in [-0.2, -0.15) is 5.10 Å². The van der Waals surface area contributed by atoms with Gasteiger partial charge in [0.15, 0.2) is 0 Å². The van der Waals surface area contributed by atoms with E-state index in [4.69, 9.17) is 5.11 Å². The molecule has 0 aromatic carbocycles. The molecule has 0 spiro atoms. The quantitative estimate of drug-likeness (QED) is 0.863. The number of nitrogens with zero attached hydrogens (tertiary/aromatic N) is 3. The minimum atomic E-state index is -0.987. The summed E-state index contributed by atoms with van der Waals surface area (Å²) in [6.07, 6.45) is 6.74. The normalized spacial score (nSPS) is 15.4. The Kier molecular flexibility index (Phi) is 4.76. The predicted octanol–water partition coefficient (Wildman–Crippen LogP) is 1.93. The fourth-order valence-electron chi connectivity index (χ4n) is 2.77. The van der Waals surface area contributed by atoms with Crippen LogP contribution in [-0.2, 0) is 4.79 Å². The number of carboxylic acid groups (broad SMARTS) is 1. The van der Waals surface area contributed by atoms with Gasteiger partial charge in [-0.05, 0) is 25.3 Å². The Morgan fingerprint density at radius 3 is 2.75 bits per heavy atom. The van der Waals surface area contributed by atoms with Crippen LogP contribution in [0.5, 0.6) is 0 Å². The van der Waals surface area contributed by atoms with Gasteiger partial charge in [-0.1, -0.05) is 19.8 Å². The molecule has 6 heteroatoms. The van der Waals surface area contributed by atoms with Crippen molar-refractivity contribution in [2.75, 3.05) is 13.1 Å². The van der Waals surface area contributed by atoms with Gasteiger partial charge < -0.3 is 10.0 Å². The molecule has 0 saturated heterocycles. The van der Waals surface area contributed by atoms with Crippen molar-refractivity contribution in [3.63, 3.8) is 0 Å². The third kappa shape index (κ3) is 3.18. The highest BCUT2D eigenvalue weighted by Gasteiger charge is 2.26. The number of aliphatic carboxylic acids is 1. The molecule has 1 saturated carbocycles. The van der Waals surface area contributed by atoms with Crippen molar-refractivity contribution in [1.82, 2.24) is 14.7 Å². The summed E-state index contributed by atoms with van der Waals surface area (Å²) in [6.45, 7) is 2.11. The minimum Gasteiger partial charge on any atom is -0.480 e. The van der Waals surface area contributed by atoms with Crippen LogP contribution in [0.1, 0.15) is 55.6 Å². The number of hydrogen-bond acceptors (Lipinski definition) is 3. The summed E-state index contributed by atoms with van der Waals surface area (Å²) in [4.78, 5) is 24.8. The zero-order chi connectivity index (χ0) is 14.5. The number of carboxylic acids is 1. The first-order valence-electron chi connectivity index (χ1n) is 7.18. The smallest absolute Gasteiger partial charge is 0.323 e. The zero-order valence-electron chi connectivity index (χ0n) is 11.8. The van der Waals surface area contributed by atoms with Crippen LogP contribution in [0.25, 0.3) is 0 Å². The van der Waals surface area contributed by atoms with E-state index >= 15 is 0 Å². The molecule has 1 aromatic heterocycles. The summed E-state index contributed by atoms with van der Waals surface area (Å²) in [5.74, 6) is -1.22. The van der Waals surface area contributed by atoms with E-state index in [0.29, 0.717) is 12.2 Å². The molecular weight excluding hydrogens is 258 g/mol. The van der Waals surface area contributed by atoms with Gasteiger partial charge in [-0.25, -0.2) is 0 Å². The molecule has 1 aliphatic carbocycles. The Bertz CT molecular complexity index is 478. The molecule has 1 heterocycles. The van der Waals surface area contributed by atoms with Crippen LogP contribution in [0.15, 0.2) is 12.3 Å². The van der Waals surface area contributed by atoms with Crippen molar-refractivity contribution in [2.45, 2.75) is 45.1 Å². The van der Waals surface area contributed by atoms with Crippen molar-refractivity contribution in [1.29, 1.82) is 0 Å². The van der Waals surface area contributed by atoms with Crippen molar-refractivity contribution < 1.29 is 14.7 Å². The van der Waals surface area contributed by atoms with E-state index in [1.807, 2.05) is 6.92 Å². The first kappa shape index (κ1) is 14.6. The van der Waals surface area contributed by atoms with Gasteiger partial charge in [0.1, 0.15) is 12.2 Å². The van der Waals surface area contributed by atoms with Crippen LogP contribution in [0.4, 0.5) is 0 Å². The molecule has 2 rings (SSSR count). The molecular formula is C14H21N3O3. The predicted molar refractivity (Wildman–Crippen MR) is 73.6 cm³/mol. The van der Waals surface area contributed by atoms with Gasteiger partial charge in [0, 0.05) is 12.7 Å². The lowest BCUT2D eigenvalue weighted by Gasteiger charge is -2.21. The zero-order valence-corrected chi connectivity index (χ0v) is 11.8. The van der Waals surface area contributed by atoms with E-state index < -0.39 is 5.97 Å². The summed E-state index contributed by atoms with van der Waals surface area (Å²) in [5, 5.41) is 13.2. The fourth-order valence-corrected chi connectivity index (χ4v) is 2.77. The second kappa shape index (κ2) is 6.54. The van der Waals surface area contributed by atoms with Crippen LogP contribution >= 0.6 is 0 Å². The highest BCUT2D eigenvalue weighted by atomic mass is 16.4. The maximum absolute atomic E-state index is 12.5. The Morgan fingerprint density at radius 2 is 2.15 bits per heavy atom. The number of carbonyl (C=O) groups is 2. The molecule has 0 bridgehead atoms. The van der Waals surface area contributed by atoms with E-state index in [-0.39, 0.29) is 18.5 Å². The lowest BCUT2D eigenvalue weighted by atomic mass is 10.2. The standard InChI is InChI=1S/C14H21N3O3/c1-2-9-16(10-13(18)19)14(20)12-7-8-15-17(12)11-5-3-4-6-11/h7-8,11H,2-6,9-10H2,1H3,(H,18,19). The van der Waals surface area contributed by atoms with Crippen molar-refractivity contribution in [3.8, 4) is 0 Å².